The van der Waals surface area contributed by atoms with Crippen LogP contribution in [0.4, 0.5) is 0 Å². The van der Waals surface area contributed by atoms with E-state index in [1.165, 1.54) is 25.2 Å². The van der Waals surface area contributed by atoms with Crippen molar-refractivity contribution in [3.8, 4) is 0 Å². The van der Waals surface area contributed by atoms with E-state index in [-0.39, 0.29) is 16.7 Å². The Kier molecular flexibility index (Phi) is 3.63. The molecule has 3 rings (SSSR count). The maximum absolute atomic E-state index is 12.3. The average Bonchev–Trinajstić information content (AvgIpc) is 3.07. The quantitative estimate of drug-likeness (QED) is 0.806. The Bertz CT molecular complexity index is 727. The number of carboxylic acids is 1. The predicted octanol–water partition coefficient (Wildman–Crippen LogP) is 0.895. The lowest BCUT2D eigenvalue weighted by atomic mass is 10.0. The zero-order valence-electron chi connectivity index (χ0n) is 12.5. The Balaban J connectivity index is 1.81. The smallest absolute Gasteiger partial charge is 0.308 e. The van der Waals surface area contributed by atoms with Crippen LogP contribution in [0.2, 0.25) is 0 Å². The van der Waals surface area contributed by atoms with E-state index in [4.69, 9.17) is 5.11 Å². The highest BCUT2D eigenvalue weighted by Gasteiger charge is 2.35. The Morgan fingerprint density at radius 2 is 1.87 bits per heavy atom. The van der Waals surface area contributed by atoms with Gasteiger partial charge in [-0.3, -0.25) is 24.1 Å². The largest absolute Gasteiger partial charge is 0.481 e. The van der Waals surface area contributed by atoms with Crippen LogP contribution in [-0.4, -0.2) is 46.8 Å². The van der Waals surface area contributed by atoms with Gasteiger partial charge in [-0.05, 0) is 31.0 Å². The molecule has 0 bridgehead atoms. The summed E-state index contributed by atoms with van der Waals surface area (Å²) in [6, 6.07) is 3.91. The Labute approximate surface area is 132 Å². The molecule has 3 amide bonds. The van der Waals surface area contributed by atoms with Crippen LogP contribution in [0, 0.1) is 5.92 Å². The minimum absolute atomic E-state index is 0.200. The second-order valence-electron chi connectivity index (χ2n) is 5.89. The highest BCUT2D eigenvalue weighted by molar-refractivity contribution is 6.21. The van der Waals surface area contributed by atoms with Crippen LogP contribution in [-0.2, 0) is 4.79 Å². The first kappa shape index (κ1) is 15.2. The van der Waals surface area contributed by atoms with Gasteiger partial charge in [0.25, 0.3) is 17.7 Å². The van der Waals surface area contributed by atoms with Crippen molar-refractivity contribution >= 4 is 23.7 Å². The van der Waals surface area contributed by atoms with E-state index >= 15 is 0 Å². The molecule has 0 saturated heterocycles. The summed E-state index contributed by atoms with van der Waals surface area (Å²) in [5.74, 6) is -2.75. The summed E-state index contributed by atoms with van der Waals surface area (Å²) < 4.78 is 0. The number of carbonyl (C=O) groups excluding carboxylic acids is 3. The van der Waals surface area contributed by atoms with Crippen LogP contribution < -0.4 is 5.32 Å². The van der Waals surface area contributed by atoms with Crippen molar-refractivity contribution in [1.29, 1.82) is 0 Å². The predicted molar refractivity (Wildman–Crippen MR) is 79.1 cm³/mol. The molecule has 0 spiro atoms. The number of aliphatic carboxylic acids is 1. The van der Waals surface area contributed by atoms with Crippen molar-refractivity contribution in [3.05, 3.63) is 34.9 Å². The van der Waals surface area contributed by atoms with Gasteiger partial charge in [-0.2, -0.15) is 0 Å². The van der Waals surface area contributed by atoms with Crippen molar-refractivity contribution in [2.45, 2.75) is 25.3 Å². The minimum atomic E-state index is -0.913. The molecule has 7 heteroatoms. The van der Waals surface area contributed by atoms with Crippen LogP contribution >= 0.6 is 0 Å². The Morgan fingerprint density at radius 1 is 1.17 bits per heavy atom. The molecular weight excluding hydrogens is 300 g/mol. The third kappa shape index (κ3) is 2.48. The molecule has 1 heterocycles. The van der Waals surface area contributed by atoms with Crippen LogP contribution in [0.25, 0.3) is 0 Å². The summed E-state index contributed by atoms with van der Waals surface area (Å²) in [6.45, 7) is 0. The highest BCUT2D eigenvalue weighted by atomic mass is 16.4. The number of carbonyl (C=O) groups is 4. The van der Waals surface area contributed by atoms with E-state index < -0.39 is 35.7 Å². The number of fused-ring (bicyclic) bond motifs is 1. The van der Waals surface area contributed by atoms with Gasteiger partial charge in [0, 0.05) is 18.7 Å². The lowest BCUT2D eigenvalue weighted by molar-refractivity contribution is -0.142. The summed E-state index contributed by atoms with van der Waals surface area (Å²) in [4.78, 5) is 48.3. The Morgan fingerprint density at radius 3 is 2.57 bits per heavy atom. The van der Waals surface area contributed by atoms with Gasteiger partial charge in [0.05, 0.1) is 17.0 Å². The van der Waals surface area contributed by atoms with Gasteiger partial charge < -0.3 is 10.4 Å². The highest BCUT2D eigenvalue weighted by Crippen LogP contribution is 2.27. The number of carboxylic acid groups (broad SMARTS) is 1. The first-order valence-corrected chi connectivity index (χ1v) is 7.40. The lowest BCUT2D eigenvalue weighted by Gasteiger charge is -2.17. The van der Waals surface area contributed by atoms with Gasteiger partial charge in [0.15, 0.2) is 0 Å². The molecule has 23 heavy (non-hydrogen) atoms. The second-order valence-corrected chi connectivity index (χ2v) is 5.89. The zero-order chi connectivity index (χ0) is 16.7. The molecular formula is C16H16N2O5. The van der Waals surface area contributed by atoms with Gasteiger partial charge in [-0.1, -0.05) is 6.42 Å². The summed E-state index contributed by atoms with van der Waals surface area (Å²) >= 11 is 0. The maximum Gasteiger partial charge on any atom is 0.308 e. The van der Waals surface area contributed by atoms with Gasteiger partial charge in [0.2, 0.25) is 0 Å². The van der Waals surface area contributed by atoms with E-state index in [0.29, 0.717) is 12.8 Å². The van der Waals surface area contributed by atoms with E-state index in [0.717, 1.165) is 11.3 Å². The van der Waals surface area contributed by atoms with Crippen molar-refractivity contribution in [1.82, 2.24) is 10.2 Å². The SMILES string of the molecule is CN1C(=O)c2ccc(C(=O)N[C@@H]3CCC[C@@H]3C(=O)O)cc2C1=O. The van der Waals surface area contributed by atoms with Crippen molar-refractivity contribution in [2.24, 2.45) is 5.92 Å². The minimum Gasteiger partial charge on any atom is -0.481 e. The lowest BCUT2D eigenvalue weighted by Crippen LogP contribution is -2.40. The first-order valence-electron chi connectivity index (χ1n) is 7.40. The third-order valence-corrected chi connectivity index (χ3v) is 4.50. The number of hydrogen-bond acceptors (Lipinski definition) is 4. The molecule has 1 aliphatic carbocycles. The summed E-state index contributed by atoms with van der Waals surface area (Å²) in [5, 5.41) is 11.9. The molecule has 2 atom stereocenters. The summed E-state index contributed by atoms with van der Waals surface area (Å²) in [6.07, 6.45) is 1.92. The topological polar surface area (TPSA) is 104 Å². The standard InChI is InChI=1S/C16H16N2O5/c1-18-14(20)9-6-5-8(7-11(9)15(18)21)13(19)17-12-4-2-3-10(12)16(22)23/h5-7,10,12H,2-4H2,1H3,(H,17,19)(H,22,23)/t10-,12+/m0/s1. The molecule has 1 saturated carbocycles. The molecule has 1 fully saturated rings. The molecule has 1 aromatic rings. The Hall–Kier alpha value is -2.70. The van der Waals surface area contributed by atoms with E-state index in [1.807, 2.05) is 0 Å². The average molecular weight is 316 g/mol. The third-order valence-electron chi connectivity index (χ3n) is 4.50. The number of hydrogen-bond donors (Lipinski definition) is 2. The van der Waals surface area contributed by atoms with Crippen molar-refractivity contribution < 1.29 is 24.3 Å². The van der Waals surface area contributed by atoms with Crippen molar-refractivity contribution in [3.63, 3.8) is 0 Å². The monoisotopic (exact) mass is 316 g/mol. The molecule has 2 aliphatic rings. The number of rotatable bonds is 3. The van der Waals surface area contributed by atoms with Crippen molar-refractivity contribution in [2.75, 3.05) is 7.05 Å². The molecule has 1 aromatic carbocycles. The zero-order valence-corrected chi connectivity index (χ0v) is 12.5. The van der Waals surface area contributed by atoms with Crippen LogP contribution in [0.3, 0.4) is 0 Å². The molecule has 0 radical (unpaired) electrons. The fraction of sp³-hybridized carbons (Fsp3) is 0.375. The van der Waals surface area contributed by atoms with Gasteiger partial charge in [0.1, 0.15) is 0 Å². The normalized spacial score (nSPS) is 23.1. The second kappa shape index (κ2) is 5.49. The fourth-order valence-electron chi connectivity index (χ4n) is 3.18. The van der Waals surface area contributed by atoms with Crippen LogP contribution in [0.15, 0.2) is 18.2 Å². The molecule has 120 valence electrons. The van der Waals surface area contributed by atoms with Gasteiger partial charge in [-0.25, -0.2) is 0 Å². The fourth-order valence-corrected chi connectivity index (χ4v) is 3.18. The first-order chi connectivity index (χ1) is 10.9. The number of amides is 3. The maximum atomic E-state index is 12.3. The van der Waals surface area contributed by atoms with Crippen LogP contribution in [0.5, 0.6) is 0 Å². The molecule has 1 aliphatic heterocycles. The van der Waals surface area contributed by atoms with E-state index in [9.17, 15) is 19.2 Å². The molecule has 0 unspecified atom stereocenters. The summed E-state index contributed by atoms with van der Waals surface area (Å²) in [5.41, 5.74) is 0.723. The molecule has 0 aromatic heterocycles. The van der Waals surface area contributed by atoms with E-state index in [1.54, 1.807) is 0 Å². The molecule has 7 nitrogen and oxygen atoms in total. The van der Waals surface area contributed by atoms with Gasteiger partial charge in [-0.15, -0.1) is 0 Å². The van der Waals surface area contributed by atoms with Gasteiger partial charge >= 0.3 is 5.97 Å². The summed E-state index contributed by atoms with van der Waals surface area (Å²) in [7, 11) is 1.39. The number of imide groups is 1. The van der Waals surface area contributed by atoms with Crippen LogP contribution in [0.1, 0.15) is 50.3 Å². The van der Waals surface area contributed by atoms with E-state index in [2.05, 4.69) is 5.32 Å². The number of nitrogens with one attached hydrogen (secondary N) is 1. The molecule has 2 N–H and O–H groups in total. The number of nitrogens with zero attached hydrogens (tertiary/aromatic N) is 1. The number of benzene rings is 1.